The van der Waals surface area contributed by atoms with Crippen LogP contribution in [0.5, 0.6) is 5.75 Å². The number of halogens is 3. The Morgan fingerprint density at radius 2 is 1.80 bits per heavy atom. The first-order valence-corrected chi connectivity index (χ1v) is 6.72. The predicted molar refractivity (Wildman–Crippen MR) is 81.0 cm³/mol. The maximum Gasteiger partial charge on any atom is 0.235 e. The Hall–Kier alpha value is -1.36. The molecule has 0 unspecified atom stereocenters. The van der Waals surface area contributed by atoms with Crippen molar-refractivity contribution in [2.75, 3.05) is 7.11 Å². The van der Waals surface area contributed by atoms with Crippen LogP contribution in [0.15, 0.2) is 30.5 Å². The number of alkyl halides is 3. The summed E-state index contributed by atoms with van der Waals surface area (Å²) in [5.74, 6) is 0.788. The Morgan fingerprint density at radius 3 is 2.40 bits per heavy atom. The van der Waals surface area contributed by atoms with Crippen LogP contribution in [0, 0.1) is 0 Å². The van der Waals surface area contributed by atoms with Gasteiger partial charge < -0.3 is 4.74 Å². The number of methoxy groups -OCH3 is 1. The van der Waals surface area contributed by atoms with E-state index in [1.807, 2.05) is 30.3 Å². The highest BCUT2D eigenvalue weighted by Gasteiger charge is 2.28. The van der Waals surface area contributed by atoms with Crippen molar-refractivity contribution in [3.05, 3.63) is 47.3 Å². The van der Waals surface area contributed by atoms with Crippen LogP contribution in [0.1, 0.15) is 16.8 Å². The van der Waals surface area contributed by atoms with E-state index >= 15 is 0 Å². The minimum absolute atomic E-state index is 0.238. The molecule has 7 heteroatoms. The number of rotatable bonds is 3. The Balaban J connectivity index is 2.27. The molecule has 1 aromatic heterocycles. The zero-order valence-electron chi connectivity index (χ0n) is 10.4. The first-order valence-electron chi connectivity index (χ1n) is 5.58. The Morgan fingerprint density at radius 1 is 1.10 bits per heavy atom. The van der Waals surface area contributed by atoms with Gasteiger partial charge in [-0.15, -0.1) is 10.2 Å². The molecular formula is C13H10Cl3N3O. The van der Waals surface area contributed by atoms with Gasteiger partial charge in [-0.3, -0.25) is 0 Å². The van der Waals surface area contributed by atoms with Gasteiger partial charge in [0.2, 0.25) is 3.79 Å². The van der Waals surface area contributed by atoms with Gasteiger partial charge in [0.1, 0.15) is 11.4 Å². The lowest BCUT2D eigenvalue weighted by Gasteiger charge is -2.10. The molecule has 0 saturated carbocycles. The molecule has 0 bridgehead atoms. The van der Waals surface area contributed by atoms with Gasteiger partial charge in [0.15, 0.2) is 0 Å². The van der Waals surface area contributed by atoms with Crippen molar-refractivity contribution in [1.29, 1.82) is 0 Å². The van der Waals surface area contributed by atoms with Gasteiger partial charge in [0, 0.05) is 5.56 Å². The lowest BCUT2D eigenvalue weighted by atomic mass is 10.1. The SMILES string of the molecule is COc1ccc(C=Cc2cnnnc2C(Cl)(Cl)Cl)cc1. The Kier molecular flexibility index (Phi) is 4.81. The molecular weight excluding hydrogens is 321 g/mol. The van der Waals surface area contributed by atoms with Crippen LogP contribution >= 0.6 is 34.8 Å². The maximum atomic E-state index is 5.84. The first kappa shape index (κ1) is 15.0. The van der Waals surface area contributed by atoms with Crippen LogP contribution in [-0.2, 0) is 3.79 Å². The number of aromatic nitrogens is 3. The summed E-state index contributed by atoms with van der Waals surface area (Å²) in [6.07, 6.45) is 5.11. The summed E-state index contributed by atoms with van der Waals surface area (Å²) in [6.45, 7) is 0. The van der Waals surface area contributed by atoms with Gasteiger partial charge in [0.05, 0.1) is 13.3 Å². The second-order valence-electron chi connectivity index (χ2n) is 3.84. The van der Waals surface area contributed by atoms with Crippen molar-refractivity contribution in [3.63, 3.8) is 0 Å². The Labute approximate surface area is 131 Å². The maximum absolute atomic E-state index is 5.84. The second-order valence-corrected chi connectivity index (χ2v) is 6.12. The van der Waals surface area contributed by atoms with Gasteiger partial charge in [-0.1, -0.05) is 59.1 Å². The van der Waals surface area contributed by atoms with Crippen molar-refractivity contribution in [2.24, 2.45) is 0 Å². The van der Waals surface area contributed by atoms with Crippen LogP contribution in [0.4, 0.5) is 0 Å². The summed E-state index contributed by atoms with van der Waals surface area (Å²) >= 11 is 17.5. The molecule has 20 heavy (non-hydrogen) atoms. The molecule has 1 aromatic carbocycles. The average Bonchev–Trinajstić information content (AvgIpc) is 2.45. The molecule has 0 aliphatic carbocycles. The molecule has 0 aliphatic heterocycles. The smallest absolute Gasteiger partial charge is 0.235 e. The third-order valence-corrected chi connectivity index (χ3v) is 3.04. The molecule has 0 amide bonds. The van der Waals surface area contributed by atoms with Gasteiger partial charge >= 0.3 is 0 Å². The van der Waals surface area contributed by atoms with Crippen LogP contribution < -0.4 is 4.74 Å². The minimum atomic E-state index is -1.64. The van der Waals surface area contributed by atoms with Crippen molar-refractivity contribution >= 4 is 47.0 Å². The molecule has 4 nitrogen and oxygen atoms in total. The van der Waals surface area contributed by atoms with E-state index in [-0.39, 0.29) is 5.69 Å². The summed E-state index contributed by atoms with van der Waals surface area (Å²) in [5, 5.41) is 10.9. The van der Waals surface area contributed by atoms with E-state index in [2.05, 4.69) is 15.4 Å². The van der Waals surface area contributed by atoms with Crippen LogP contribution in [0.25, 0.3) is 12.2 Å². The number of hydrogen-bond donors (Lipinski definition) is 0. The highest BCUT2D eigenvalue weighted by Crippen LogP contribution is 2.38. The van der Waals surface area contributed by atoms with E-state index in [0.717, 1.165) is 11.3 Å². The number of ether oxygens (including phenoxy) is 1. The molecule has 0 atom stereocenters. The van der Waals surface area contributed by atoms with Gasteiger partial charge in [-0.25, -0.2) is 0 Å². The number of hydrogen-bond acceptors (Lipinski definition) is 4. The lowest BCUT2D eigenvalue weighted by molar-refractivity contribution is 0.415. The average molecular weight is 331 g/mol. The second kappa shape index (κ2) is 6.39. The summed E-state index contributed by atoms with van der Waals surface area (Å²) in [5.41, 5.74) is 1.80. The molecule has 2 rings (SSSR count). The van der Waals surface area contributed by atoms with Gasteiger partial charge in [0.25, 0.3) is 0 Å². The van der Waals surface area contributed by atoms with E-state index in [1.165, 1.54) is 6.20 Å². The van der Waals surface area contributed by atoms with E-state index in [9.17, 15) is 0 Å². The molecule has 2 aromatic rings. The van der Waals surface area contributed by atoms with Crippen LogP contribution in [0.3, 0.4) is 0 Å². The summed E-state index contributed by atoms with van der Waals surface area (Å²) < 4.78 is 3.45. The fourth-order valence-corrected chi connectivity index (χ4v) is 1.96. The predicted octanol–water partition coefficient (Wildman–Crippen LogP) is 3.88. The summed E-state index contributed by atoms with van der Waals surface area (Å²) in [7, 11) is 1.62. The zero-order valence-corrected chi connectivity index (χ0v) is 12.7. The van der Waals surface area contributed by atoms with E-state index < -0.39 is 3.79 Å². The summed E-state index contributed by atoms with van der Waals surface area (Å²) in [6, 6.07) is 7.54. The quantitative estimate of drug-likeness (QED) is 0.801. The zero-order chi connectivity index (χ0) is 14.6. The van der Waals surface area contributed by atoms with Crippen LogP contribution in [-0.4, -0.2) is 22.5 Å². The normalized spacial score (nSPS) is 11.8. The fourth-order valence-electron chi connectivity index (χ4n) is 1.52. The van der Waals surface area contributed by atoms with Crippen molar-refractivity contribution < 1.29 is 4.74 Å². The molecule has 0 aliphatic rings. The third kappa shape index (κ3) is 3.82. The first-order chi connectivity index (χ1) is 9.50. The fraction of sp³-hybridized carbons (Fsp3) is 0.154. The molecule has 1 heterocycles. The van der Waals surface area contributed by atoms with E-state index in [0.29, 0.717) is 5.56 Å². The van der Waals surface area contributed by atoms with Crippen molar-refractivity contribution in [2.45, 2.75) is 3.79 Å². The molecule has 0 spiro atoms. The standard InChI is InChI=1S/C13H10Cl3N3O/c1-20-11-6-3-9(4-7-11)2-5-10-8-17-19-18-12(10)13(14,15)16/h2-8H,1H3. The van der Waals surface area contributed by atoms with E-state index in [4.69, 9.17) is 39.5 Å². The molecule has 0 N–H and O–H groups in total. The van der Waals surface area contributed by atoms with Gasteiger partial charge in [-0.2, -0.15) is 0 Å². The lowest BCUT2D eigenvalue weighted by Crippen LogP contribution is -2.08. The summed E-state index contributed by atoms with van der Waals surface area (Å²) in [4.78, 5) is 0. The van der Waals surface area contributed by atoms with Crippen molar-refractivity contribution in [1.82, 2.24) is 15.4 Å². The Bertz CT molecular complexity index is 609. The highest BCUT2D eigenvalue weighted by atomic mass is 35.6. The number of nitrogens with zero attached hydrogens (tertiary/aromatic N) is 3. The third-order valence-electron chi connectivity index (χ3n) is 2.51. The number of benzene rings is 1. The van der Waals surface area contributed by atoms with Crippen molar-refractivity contribution in [3.8, 4) is 5.75 Å². The van der Waals surface area contributed by atoms with Gasteiger partial charge in [-0.05, 0) is 22.9 Å². The molecule has 104 valence electrons. The molecule has 0 fully saturated rings. The highest BCUT2D eigenvalue weighted by molar-refractivity contribution is 6.66. The largest absolute Gasteiger partial charge is 0.497 e. The minimum Gasteiger partial charge on any atom is -0.497 e. The topological polar surface area (TPSA) is 47.9 Å². The molecule has 0 saturated heterocycles. The van der Waals surface area contributed by atoms with Crippen LogP contribution in [0.2, 0.25) is 0 Å². The van der Waals surface area contributed by atoms with E-state index in [1.54, 1.807) is 13.2 Å². The molecule has 0 radical (unpaired) electrons. The monoisotopic (exact) mass is 329 g/mol.